The van der Waals surface area contributed by atoms with Gasteiger partial charge in [0.2, 0.25) is 15.9 Å². The van der Waals surface area contributed by atoms with Crippen LogP contribution in [0.2, 0.25) is 0 Å². The predicted molar refractivity (Wildman–Crippen MR) is 107 cm³/mol. The minimum Gasteiger partial charge on any atom is -0.339 e. The van der Waals surface area contributed by atoms with Crippen molar-refractivity contribution in [3.8, 4) is 0 Å². The summed E-state index contributed by atoms with van der Waals surface area (Å²) in [5, 5.41) is 0. The molecular weight excluding hydrogens is 395 g/mol. The Morgan fingerprint density at radius 3 is 2.41 bits per heavy atom. The van der Waals surface area contributed by atoms with Crippen molar-refractivity contribution >= 4 is 15.9 Å². The van der Waals surface area contributed by atoms with Crippen molar-refractivity contribution in [3.05, 3.63) is 30.1 Å². The van der Waals surface area contributed by atoms with E-state index in [4.69, 9.17) is 0 Å². The zero-order valence-electron chi connectivity index (χ0n) is 16.7. The second-order valence-electron chi connectivity index (χ2n) is 8.16. The van der Waals surface area contributed by atoms with Gasteiger partial charge in [-0.1, -0.05) is 6.42 Å². The van der Waals surface area contributed by atoms with Crippen molar-refractivity contribution in [1.82, 2.24) is 19.0 Å². The standard InChI is InChI=1S/C20H29FN4O3S/c21-17-4-6-19(7-5-17)29(27,28)25-13-11-24(12-14-25)20(26)16-22-9-10-23-8-2-1-3-18(23)15-22/h4-7,18H,1-3,8-16H2/t18-/m1/s1. The van der Waals surface area contributed by atoms with Gasteiger partial charge in [0.25, 0.3) is 0 Å². The van der Waals surface area contributed by atoms with Gasteiger partial charge in [0.05, 0.1) is 11.4 Å². The van der Waals surface area contributed by atoms with Crippen molar-refractivity contribution in [3.63, 3.8) is 0 Å². The number of piperidine rings is 1. The van der Waals surface area contributed by atoms with Gasteiger partial charge in [0.1, 0.15) is 5.82 Å². The molecule has 9 heteroatoms. The van der Waals surface area contributed by atoms with Gasteiger partial charge in [-0.25, -0.2) is 12.8 Å². The molecule has 0 aliphatic carbocycles. The van der Waals surface area contributed by atoms with Crippen LogP contribution in [0.4, 0.5) is 4.39 Å². The van der Waals surface area contributed by atoms with Gasteiger partial charge in [-0.2, -0.15) is 4.31 Å². The molecule has 0 spiro atoms. The van der Waals surface area contributed by atoms with Gasteiger partial charge in [0, 0.05) is 51.9 Å². The quantitative estimate of drug-likeness (QED) is 0.717. The highest BCUT2D eigenvalue weighted by Gasteiger charge is 2.33. The summed E-state index contributed by atoms with van der Waals surface area (Å²) in [7, 11) is -3.66. The first kappa shape index (κ1) is 20.7. The maximum atomic E-state index is 13.1. The second-order valence-corrected chi connectivity index (χ2v) is 10.1. The Morgan fingerprint density at radius 1 is 0.966 bits per heavy atom. The van der Waals surface area contributed by atoms with Crippen LogP contribution in [0.5, 0.6) is 0 Å². The first-order valence-electron chi connectivity index (χ1n) is 10.4. The summed E-state index contributed by atoms with van der Waals surface area (Å²) in [5.74, 6) is -0.387. The summed E-state index contributed by atoms with van der Waals surface area (Å²) >= 11 is 0. The Hall–Kier alpha value is -1.55. The monoisotopic (exact) mass is 424 g/mol. The predicted octanol–water partition coefficient (Wildman–Crippen LogP) is 0.829. The van der Waals surface area contributed by atoms with Gasteiger partial charge in [-0.15, -0.1) is 0 Å². The molecular formula is C20H29FN4O3S. The van der Waals surface area contributed by atoms with Crippen LogP contribution in [-0.2, 0) is 14.8 Å². The van der Waals surface area contributed by atoms with Crippen LogP contribution in [0.15, 0.2) is 29.2 Å². The molecule has 0 aromatic heterocycles. The van der Waals surface area contributed by atoms with E-state index in [1.807, 2.05) is 0 Å². The summed E-state index contributed by atoms with van der Waals surface area (Å²) in [6, 6.07) is 5.44. The highest BCUT2D eigenvalue weighted by atomic mass is 32.2. The fraction of sp³-hybridized carbons (Fsp3) is 0.650. The fourth-order valence-corrected chi connectivity index (χ4v) is 6.01. The van der Waals surface area contributed by atoms with Crippen LogP contribution < -0.4 is 0 Å². The molecule has 3 fully saturated rings. The van der Waals surface area contributed by atoms with E-state index in [-0.39, 0.29) is 23.9 Å². The molecule has 1 aromatic carbocycles. The van der Waals surface area contributed by atoms with Crippen LogP contribution in [0.25, 0.3) is 0 Å². The van der Waals surface area contributed by atoms with Gasteiger partial charge in [-0.3, -0.25) is 14.6 Å². The Balaban J connectivity index is 1.29. The average Bonchev–Trinajstić information content (AvgIpc) is 2.74. The molecule has 4 rings (SSSR count). The number of rotatable bonds is 4. The highest BCUT2D eigenvalue weighted by Crippen LogP contribution is 2.22. The molecule has 0 N–H and O–H groups in total. The van der Waals surface area contributed by atoms with Crippen molar-refractivity contribution < 1.29 is 17.6 Å². The van der Waals surface area contributed by atoms with Crippen LogP contribution in [0, 0.1) is 5.82 Å². The molecule has 7 nitrogen and oxygen atoms in total. The van der Waals surface area contributed by atoms with E-state index in [1.54, 1.807) is 4.90 Å². The van der Waals surface area contributed by atoms with Crippen LogP contribution in [0.3, 0.4) is 0 Å². The van der Waals surface area contributed by atoms with Crippen molar-refractivity contribution in [2.45, 2.75) is 30.2 Å². The Morgan fingerprint density at radius 2 is 1.69 bits per heavy atom. The van der Waals surface area contributed by atoms with E-state index in [0.717, 1.165) is 31.8 Å². The van der Waals surface area contributed by atoms with Gasteiger partial charge in [0.15, 0.2) is 0 Å². The number of nitrogens with zero attached hydrogens (tertiary/aromatic N) is 4. The van der Waals surface area contributed by atoms with E-state index in [9.17, 15) is 17.6 Å². The van der Waals surface area contributed by atoms with Gasteiger partial charge in [-0.05, 0) is 43.7 Å². The Labute approximate surface area is 172 Å². The Bertz CT molecular complexity index is 825. The summed E-state index contributed by atoms with van der Waals surface area (Å²) < 4.78 is 39.9. The topological polar surface area (TPSA) is 64.2 Å². The maximum Gasteiger partial charge on any atom is 0.243 e. The molecule has 1 atom stereocenters. The number of fused-ring (bicyclic) bond motifs is 1. The minimum absolute atomic E-state index is 0.0769. The summed E-state index contributed by atoms with van der Waals surface area (Å²) in [5.41, 5.74) is 0. The minimum atomic E-state index is -3.66. The SMILES string of the molecule is O=C(CN1CCN2CCCC[C@@H]2C1)N1CCN(S(=O)(=O)c2ccc(F)cc2)CC1. The molecule has 3 heterocycles. The average molecular weight is 425 g/mol. The number of sulfonamides is 1. The number of amides is 1. The smallest absolute Gasteiger partial charge is 0.243 e. The van der Waals surface area contributed by atoms with Gasteiger partial charge >= 0.3 is 0 Å². The molecule has 0 saturated carbocycles. The molecule has 3 aliphatic heterocycles. The lowest BCUT2D eigenvalue weighted by Gasteiger charge is -2.44. The third-order valence-corrected chi connectivity index (χ3v) is 8.24. The normalized spacial score (nSPS) is 25.0. The first-order valence-corrected chi connectivity index (χ1v) is 11.9. The lowest BCUT2D eigenvalue weighted by atomic mass is 9.99. The number of carbonyl (C=O) groups is 1. The molecule has 0 radical (unpaired) electrons. The number of carbonyl (C=O) groups excluding carboxylic acids is 1. The molecule has 3 saturated heterocycles. The third kappa shape index (κ3) is 4.63. The molecule has 160 valence electrons. The first-order chi connectivity index (χ1) is 13.9. The van der Waals surface area contributed by atoms with E-state index in [2.05, 4.69) is 9.80 Å². The number of hydrogen-bond acceptors (Lipinski definition) is 5. The van der Waals surface area contributed by atoms with Crippen LogP contribution >= 0.6 is 0 Å². The summed E-state index contributed by atoms with van der Waals surface area (Å²) in [6.45, 7) is 5.80. The van der Waals surface area contributed by atoms with Crippen LogP contribution in [0.1, 0.15) is 19.3 Å². The Kier molecular flexibility index (Phi) is 6.19. The van der Waals surface area contributed by atoms with Crippen molar-refractivity contribution in [2.75, 3.05) is 58.9 Å². The lowest BCUT2D eigenvalue weighted by molar-refractivity contribution is -0.134. The number of benzene rings is 1. The zero-order chi connectivity index (χ0) is 20.4. The van der Waals surface area contributed by atoms with Crippen molar-refractivity contribution in [1.29, 1.82) is 0 Å². The molecule has 29 heavy (non-hydrogen) atoms. The fourth-order valence-electron chi connectivity index (χ4n) is 4.59. The van der Waals surface area contributed by atoms with E-state index >= 15 is 0 Å². The number of hydrogen-bond donors (Lipinski definition) is 0. The highest BCUT2D eigenvalue weighted by molar-refractivity contribution is 7.89. The molecule has 0 unspecified atom stereocenters. The second kappa shape index (κ2) is 8.67. The van der Waals surface area contributed by atoms with E-state index in [1.165, 1.54) is 42.2 Å². The van der Waals surface area contributed by atoms with Crippen molar-refractivity contribution in [2.24, 2.45) is 0 Å². The zero-order valence-corrected chi connectivity index (χ0v) is 17.5. The molecule has 1 aromatic rings. The largest absolute Gasteiger partial charge is 0.339 e. The van der Waals surface area contributed by atoms with E-state index in [0.29, 0.717) is 25.7 Å². The summed E-state index contributed by atoms with van der Waals surface area (Å²) in [6.07, 6.45) is 3.76. The number of piperazine rings is 2. The third-order valence-electron chi connectivity index (χ3n) is 6.32. The lowest BCUT2D eigenvalue weighted by Crippen LogP contribution is -2.57. The van der Waals surface area contributed by atoms with E-state index < -0.39 is 15.8 Å². The maximum absolute atomic E-state index is 13.1. The molecule has 3 aliphatic rings. The van der Waals surface area contributed by atoms with Gasteiger partial charge < -0.3 is 4.90 Å². The number of halogens is 1. The molecule has 0 bridgehead atoms. The van der Waals surface area contributed by atoms with Crippen LogP contribution in [-0.4, -0.2) is 98.3 Å². The molecule has 1 amide bonds. The summed E-state index contributed by atoms with van der Waals surface area (Å²) in [4.78, 5) is 19.4.